The lowest BCUT2D eigenvalue weighted by Gasteiger charge is -2.44. The van der Waals surface area contributed by atoms with Gasteiger partial charge in [0.2, 0.25) is 0 Å². The Morgan fingerprint density at radius 3 is 2.34 bits per heavy atom. The molecule has 0 unspecified atom stereocenters. The average Bonchev–Trinajstić information content (AvgIpc) is 3.07. The second-order valence-corrected chi connectivity index (χ2v) is 13.5. The Morgan fingerprint density at radius 2 is 1.66 bits per heavy atom. The van der Waals surface area contributed by atoms with E-state index in [0.29, 0.717) is 33.5 Å². The third-order valence-electron chi connectivity index (χ3n) is 9.52. The highest BCUT2D eigenvalue weighted by Gasteiger charge is 2.37. The highest BCUT2D eigenvalue weighted by Crippen LogP contribution is 2.33. The molecule has 0 spiro atoms. The highest BCUT2D eigenvalue weighted by atomic mass is 35.5. The van der Waals surface area contributed by atoms with E-state index < -0.39 is 12.1 Å². The fourth-order valence-electron chi connectivity index (χ4n) is 6.58. The molecule has 4 heterocycles. The first kappa shape index (κ1) is 33.0. The largest absolute Gasteiger partial charge is 0.454 e. The van der Waals surface area contributed by atoms with E-state index in [2.05, 4.69) is 9.88 Å². The Kier molecular flexibility index (Phi) is 10.2. The number of aromatic amines is 1. The molecule has 9 heteroatoms. The standard InChI is InChI=1S/C38H39Cl2N3O4/c1-24-11-12-29(17-26(24)3)35(19-31-32(39)20-41-21-33(31)40)46-37(44)30-9-6-8-27(18-30)22-43(34-10-5-4-7-25(34)2)38(45)47-36-23-42-15-13-28(36)14-16-42/h4-12,17-18,20-21,28,35-36H,13-16,19,22-23H2,1-3H3/p+1/t35-,36-/m0/s1. The molecular weight excluding hydrogens is 633 g/mol. The van der Waals surface area contributed by atoms with Crippen molar-refractivity contribution >= 4 is 41.0 Å². The SMILES string of the molecule is Cc1ccc([C@H](Cc2c(Cl)c[nH+]cc2Cl)OC(=O)c2cccc(CN(C(=O)O[C@H]3CN4CCC3CC4)c3ccccc3C)c2)cc1C. The van der Waals surface area contributed by atoms with E-state index >= 15 is 0 Å². The first-order valence-corrected chi connectivity index (χ1v) is 16.9. The molecule has 0 aliphatic carbocycles. The van der Waals surface area contributed by atoms with Crippen molar-refractivity contribution in [3.63, 3.8) is 0 Å². The van der Waals surface area contributed by atoms with E-state index in [-0.39, 0.29) is 18.7 Å². The smallest absolute Gasteiger partial charge is 0.414 e. The van der Waals surface area contributed by atoms with Crippen LogP contribution in [0.3, 0.4) is 0 Å². The maximum absolute atomic E-state index is 13.8. The second kappa shape index (κ2) is 14.5. The topological polar surface area (TPSA) is 73.2 Å². The van der Waals surface area contributed by atoms with Crippen molar-refractivity contribution in [3.8, 4) is 0 Å². The van der Waals surface area contributed by atoms with Gasteiger partial charge in [-0.3, -0.25) is 9.80 Å². The van der Waals surface area contributed by atoms with Crippen LogP contribution in [-0.2, 0) is 22.4 Å². The Balaban J connectivity index is 1.24. The average molecular weight is 674 g/mol. The van der Waals surface area contributed by atoms with E-state index in [4.69, 9.17) is 32.7 Å². The number of amides is 1. The summed E-state index contributed by atoms with van der Waals surface area (Å²) in [6.07, 6.45) is 4.59. The summed E-state index contributed by atoms with van der Waals surface area (Å²) >= 11 is 13.0. The molecule has 3 aliphatic heterocycles. The number of aryl methyl sites for hydroxylation is 3. The van der Waals surface area contributed by atoms with Crippen LogP contribution < -0.4 is 9.88 Å². The van der Waals surface area contributed by atoms with Crippen molar-refractivity contribution in [3.05, 3.63) is 128 Å². The maximum atomic E-state index is 13.8. The van der Waals surface area contributed by atoms with Gasteiger partial charge in [-0.2, -0.15) is 0 Å². The van der Waals surface area contributed by atoms with Gasteiger partial charge in [-0.15, -0.1) is 0 Å². The lowest BCUT2D eigenvalue weighted by molar-refractivity contribution is -0.377. The fourth-order valence-corrected chi connectivity index (χ4v) is 7.11. The minimum Gasteiger partial charge on any atom is -0.454 e. The van der Waals surface area contributed by atoms with E-state index in [9.17, 15) is 9.59 Å². The first-order chi connectivity index (χ1) is 22.7. The lowest BCUT2D eigenvalue weighted by Crippen LogP contribution is -2.53. The van der Waals surface area contributed by atoms with Gasteiger partial charge < -0.3 is 9.47 Å². The molecule has 3 aliphatic rings. The number of carbonyl (C=O) groups is 2. The van der Waals surface area contributed by atoms with Gasteiger partial charge in [-0.25, -0.2) is 14.6 Å². The molecule has 244 valence electrons. The molecule has 1 amide bonds. The summed E-state index contributed by atoms with van der Waals surface area (Å²) in [6, 6.07) is 21.0. The normalized spacial score (nSPS) is 19.2. The van der Waals surface area contributed by atoms with Crippen LogP contribution in [0, 0.1) is 26.7 Å². The van der Waals surface area contributed by atoms with Crippen LogP contribution in [0.15, 0.2) is 79.1 Å². The minimum absolute atomic E-state index is 0.121. The number of ether oxygens (including phenoxy) is 2. The van der Waals surface area contributed by atoms with Gasteiger partial charge in [-0.1, -0.05) is 71.7 Å². The van der Waals surface area contributed by atoms with Crippen LogP contribution >= 0.6 is 23.2 Å². The number of rotatable bonds is 9. The zero-order valence-electron chi connectivity index (χ0n) is 27.0. The number of aromatic nitrogens is 1. The number of piperidine rings is 3. The van der Waals surface area contributed by atoms with Gasteiger partial charge in [0, 0.05) is 18.5 Å². The number of benzene rings is 3. The molecule has 1 N–H and O–H groups in total. The summed E-state index contributed by atoms with van der Waals surface area (Å²) in [5.41, 5.74) is 6.65. The summed E-state index contributed by atoms with van der Waals surface area (Å²) in [4.78, 5) is 34.6. The third-order valence-corrected chi connectivity index (χ3v) is 10.2. The number of pyridine rings is 1. The number of anilines is 1. The van der Waals surface area contributed by atoms with Gasteiger partial charge >= 0.3 is 12.1 Å². The second-order valence-electron chi connectivity index (χ2n) is 12.7. The number of nitrogens with one attached hydrogen (secondary N) is 1. The van der Waals surface area contributed by atoms with E-state index in [0.717, 1.165) is 66.0 Å². The van der Waals surface area contributed by atoms with Gasteiger partial charge in [0.05, 0.1) is 17.8 Å². The number of para-hydroxylation sites is 1. The quantitative estimate of drug-likeness (QED) is 0.168. The molecule has 3 fully saturated rings. The summed E-state index contributed by atoms with van der Waals surface area (Å²) in [5.74, 6) is -0.0908. The molecule has 2 bridgehead atoms. The molecule has 3 aromatic carbocycles. The number of esters is 1. The van der Waals surface area contributed by atoms with Crippen molar-refractivity contribution in [2.45, 2.75) is 58.8 Å². The predicted molar refractivity (Wildman–Crippen MR) is 184 cm³/mol. The van der Waals surface area contributed by atoms with Crippen LogP contribution in [0.5, 0.6) is 0 Å². The van der Waals surface area contributed by atoms with Crippen LogP contribution in [0.4, 0.5) is 10.5 Å². The zero-order chi connectivity index (χ0) is 33.1. The highest BCUT2D eigenvalue weighted by molar-refractivity contribution is 6.35. The molecule has 3 saturated heterocycles. The van der Waals surface area contributed by atoms with E-state index in [1.807, 2.05) is 75.4 Å². The summed E-state index contributed by atoms with van der Waals surface area (Å²) in [7, 11) is 0. The van der Waals surface area contributed by atoms with Gasteiger partial charge in [0.1, 0.15) is 22.3 Å². The molecule has 2 atom stereocenters. The first-order valence-electron chi connectivity index (χ1n) is 16.1. The van der Waals surface area contributed by atoms with Gasteiger partial charge in [0.25, 0.3) is 0 Å². The summed E-state index contributed by atoms with van der Waals surface area (Å²) in [5, 5.41) is 0.927. The lowest BCUT2D eigenvalue weighted by atomic mass is 9.86. The Bertz CT molecular complexity index is 1750. The van der Waals surface area contributed by atoms with Crippen molar-refractivity contribution in [2.75, 3.05) is 24.5 Å². The van der Waals surface area contributed by atoms with Gasteiger partial charge in [0.15, 0.2) is 12.4 Å². The van der Waals surface area contributed by atoms with E-state index in [1.54, 1.807) is 29.4 Å². The number of H-pyrrole nitrogens is 1. The number of hydrogen-bond donors (Lipinski definition) is 0. The zero-order valence-corrected chi connectivity index (χ0v) is 28.5. The van der Waals surface area contributed by atoms with Crippen LogP contribution in [0.25, 0.3) is 0 Å². The molecular formula is C38H40Cl2N3O4+. The molecule has 4 aromatic rings. The van der Waals surface area contributed by atoms with Crippen molar-refractivity contribution in [2.24, 2.45) is 5.92 Å². The maximum Gasteiger partial charge on any atom is 0.414 e. The van der Waals surface area contributed by atoms with E-state index in [1.165, 1.54) is 0 Å². The van der Waals surface area contributed by atoms with Crippen molar-refractivity contribution < 1.29 is 24.0 Å². The van der Waals surface area contributed by atoms with Crippen molar-refractivity contribution in [1.29, 1.82) is 0 Å². The molecule has 1 aromatic heterocycles. The number of carbonyl (C=O) groups excluding carboxylic acids is 2. The summed E-state index contributed by atoms with van der Waals surface area (Å²) < 4.78 is 12.4. The number of hydrogen-bond acceptors (Lipinski definition) is 5. The Labute approximate surface area is 286 Å². The molecule has 0 saturated carbocycles. The third kappa shape index (κ3) is 7.64. The minimum atomic E-state index is -0.636. The Morgan fingerprint density at radius 1 is 0.915 bits per heavy atom. The fraction of sp³-hybridized carbons (Fsp3) is 0.342. The number of halogens is 2. The summed E-state index contributed by atoms with van der Waals surface area (Å²) in [6.45, 7) is 9.19. The molecule has 0 radical (unpaired) electrons. The van der Waals surface area contributed by atoms with Crippen molar-refractivity contribution in [1.82, 2.24) is 4.90 Å². The van der Waals surface area contributed by atoms with Gasteiger partial charge in [-0.05, 0) is 98.6 Å². The monoisotopic (exact) mass is 672 g/mol. The van der Waals surface area contributed by atoms with Crippen LogP contribution in [0.1, 0.15) is 62.7 Å². The Hall–Kier alpha value is -3.91. The number of nitrogens with zero attached hydrogens (tertiary/aromatic N) is 2. The van der Waals surface area contributed by atoms with Crippen LogP contribution in [0.2, 0.25) is 10.0 Å². The molecule has 7 rings (SSSR count). The predicted octanol–water partition coefficient (Wildman–Crippen LogP) is 8.11. The molecule has 47 heavy (non-hydrogen) atoms. The van der Waals surface area contributed by atoms with Crippen LogP contribution in [-0.4, -0.2) is 42.7 Å². The molecule has 7 nitrogen and oxygen atoms in total. The number of fused-ring (bicyclic) bond motifs is 3.